The van der Waals surface area contributed by atoms with Crippen molar-refractivity contribution in [1.82, 2.24) is 0 Å². The monoisotopic (exact) mass is 812 g/mol. The van der Waals surface area contributed by atoms with Gasteiger partial charge in [-0.2, -0.15) is 0 Å². The van der Waals surface area contributed by atoms with Gasteiger partial charge < -0.3 is 59.4 Å². The molecule has 9 atom stereocenters. The third kappa shape index (κ3) is 9.25. The Balaban J connectivity index is 1.95. The fourth-order valence-corrected chi connectivity index (χ4v) is 7.26. The molecule has 3 aliphatic heterocycles. The van der Waals surface area contributed by atoms with Crippen LogP contribution in [-0.2, 0) is 33.4 Å². The number of ether oxygens (including phenoxy) is 5. The minimum absolute atomic E-state index is 0.0252. The van der Waals surface area contributed by atoms with Crippen molar-refractivity contribution < 1.29 is 68.4 Å². The highest BCUT2D eigenvalue weighted by Gasteiger charge is 2.50. The molecule has 0 aliphatic carbocycles. The number of carbonyl (C=O) groups excluding carboxylic acids is 3. The number of aliphatic hydroxyl groups excluding tert-OH is 2. The molecule has 5 rings (SSSR count). The maximum absolute atomic E-state index is 14.3. The molecule has 2 aromatic rings. The van der Waals surface area contributed by atoms with Gasteiger partial charge in [0.25, 0.3) is 11.7 Å². The number of phenolic OH excluding ortho intramolecular Hbond substituents is 3. The molecule has 3 aliphatic rings. The second-order valence-corrected chi connectivity index (χ2v) is 14.9. The number of esters is 1. The summed E-state index contributed by atoms with van der Waals surface area (Å²) in [5.74, 6) is -8.74. The van der Waals surface area contributed by atoms with E-state index >= 15 is 0 Å². The van der Waals surface area contributed by atoms with Crippen molar-refractivity contribution >= 4 is 40.3 Å². The van der Waals surface area contributed by atoms with Crippen molar-refractivity contribution in [2.24, 2.45) is 28.8 Å². The Morgan fingerprint density at radius 2 is 1.66 bits per heavy atom. The number of Topliss-reactive ketones (excluding diaryl/α,β-unsaturated/α-hetero) is 1. The van der Waals surface area contributed by atoms with E-state index in [1.807, 2.05) is 6.92 Å². The summed E-state index contributed by atoms with van der Waals surface area (Å²) in [6.07, 6.45) is 4.43. The third-order valence-corrected chi connectivity index (χ3v) is 10.8. The van der Waals surface area contributed by atoms with Gasteiger partial charge in [0, 0.05) is 67.8 Å². The number of rotatable bonds is 8. The molecule has 3 heterocycles. The first-order valence-corrected chi connectivity index (χ1v) is 19.1. The molecule has 6 N–H and O–H groups in total. The number of phenols is 3. The van der Waals surface area contributed by atoms with Gasteiger partial charge in [-0.3, -0.25) is 14.4 Å². The lowest BCUT2D eigenvalue weighted by molar-refractivity contribution is -0.160. The van der Waals surface area contributed by atoms with Gasteiger partial charge in [0.2, 0.25) is 0 Å². The van der Waals surface area contributed by atoms with Crippen molar-refractivity contribution in [3.05, 3.63) is 52.8 Å². The van der Waals surface area contributed by atoms with Crippen molar-refractivity contribution in [3.8, 4) is 23.0 Å². The second kappa shape index (κ2) is 19.1. The van der Waals surface area contributed by atoms with Crippen molar-refractivity contribution in [3.63, 3.8) is 0 Å². The molecule has 16 heteroatoms. The van der Waals surface area contributed by atoms with Crippen LogP contribution in [0.4, 0.5) is 5.69 Å². The molecule has 5 bridgehead atoms. The minimum atomic E-state index is -2.07. The summed E-state index contributed by atoms with van der Waals surface area (Å²) in [5.41, 5.74) is -0.688. The predicted octanol–water partition coefficient (Wildman–Crippen LogP) is 5.14. The second-order valence-electron chi connectivity index (χ2n) is 14.9. The Labute approximate surface area is 337 Å². The number of methoxy groups -OCH3 is 1. The van der Waals surface area contributed by atoms with Gasteiger partial charge in [-0.15, -0.1) is 0 Å². The fraction of sp³-hybridized carbons (Fsp3) is 0.524. The van der Waals surface area contributed by atoms with E-state index in [1.54, 1.807) is 39.8 Å². The van der Waals surface area contributed by atoms with Gasteiger partial charge in [0.15, 0.2) is 5.75 Å². The highest BCUT2D eigenvalue weighted by molar-refractivity contribution is 6.23. The molecule has 0 spiro atoms. The van der Waals surface area contributed by atoms with Crippen LogP contribution in [-0.4, -0.2) is 107 Å². The summed E-state index contributed by atoms with van der Waals surface area (Å²) in [4.78, 5) is 45.5. The molecule has 0 fully saturated rings. The summed E-state index contributed by atoms with van der Waals surface area (Å²) in [6.45, 7) is 14.9. The van der Waals surface area contributed by atoms with Gasteiger partial charge in [0.1, 0.15) is 30.0 Å². The van der Waals surface area contributed by atoms with E-state index in [2.05, 4.69) is 10.5 Å². The number of ketones is 1. The Kier molecular flexibility index (Phi) is 15.0. The van der Waals surface area contributed by atoms with E-state index in [9.17, 15) is 39.9 Å². The third-order valence-electron chi connectivity index (χ3n) is 10.8. The lowest BCUT2D eigenvalue weighted by Gasteiger charge is -2.38. The average molecular weight is 813 g/mol. The number of benzene rings is 2. The van der Waals surface area contributed by atoms with Gasteiger partial charge in [-0.25, -0.2) is 0 Å². The first-order chi connectivity index (χ1) is 27.3. The molecular weight excluding hydrogens is 756 g/mol. The number of amides is 1. The zero-order valence-electron chi connectivity index (χ0n) is 34.6. The molecule has 1 amide bonds. The minimum Gasteiger partial charge on any atom is -0.507 e. The maximum Gasteiger partial charge on any atom is 0.312 e. The number of aromatic hydroxyl groups is 3. The summed E-state index contributed by atoms with van der Waals surface area (Å²) < 4.78 is 28.7. The molecular formula is C42H56N2O14. The van der Waals surface area contributed by atoms with E-state index in [1.165, 1.54) is 53.2 Å². The molecule has 0 aromatic heterocycles. The van der Waals surface area contributed by atoms with Gasteiger partial charge >= 0.3 is 11.8 Å². The quantitative estimate of drug-likeness (QED) is 0.0506. The zero-order chi connectivity index (χ0) is 43.2. The van der Waals surface area contributed by atoms with Crippen molar-refractivity contribution in [1.29, 1.82) is 0 Å². The van der Waals surface area contributed by atoms with Crippen molar-refractivity contribution in [2.75, 3.05) is 32.2 Å². The summed E-state index contributed by atoms with van der Waals surface area (Å²) in [5, 5.41) is 63.7. The molecule has 0 unspecified atom stereocenters. The van der Waals surface area contributed by atoms with Crippen LogP contribution < -0.4 is 10.1 Å². The molecule has 0 saturated carbocycles. The lowest BCUT2D eigenvalue weighted by Crippen LogP contribution is -2.46. The van der Waals surface area contributed by atoms with Crippen LogP contribution in [0, 0.1) is 30.6 Å². The highest BCUT2D eigenvalue weighted by Crippen LogP contribution is 2.55. The molecule has 2 aromatic carbocycles. The van der Waals surface area contributed by atoms with Crippen LogP contribution in [0.25, 0.3) is 10.8 Å². The standard InChI is InChI=1S/C42H56N2O14/c1-11-54-17-18-56-43-19-27-32-37(50)30-29(36(27)49)31-39(25(7)35(30)48)58-42(9,40(31)51)55-16-15-28(53-10)22(4)38(57-26(8)45)24(6)34(47)23(5)33(46)20(2)13-12-14-21(3)41(52)44-32/h12-16,19-20,22-24,28,33-34,38,46-50H,11,17-18H2,1-10H3,(H,44,52)/b13-12+,16-15+,21-14-,43-19+/t20-,22-,23-,24-,28+,33+,34-,38-,42+/m1/s1. The van der Waals surface area contributed by atoms with E-state index in [0.717, 1.165) is 6.21 Å². The topological polar surface area (TPSA) is 232 Å². The number of hydrogen-bond donors (Lipinski definition) is 6. The number of nitrogens with zero attached hydrogens (tertiary/aromatic N) is 1. The van der Waals surface area contributed by atoms with Crippen LogP contribution in [0.15, 0.2) is 41.3 Å². The van der Waals surface area contributed by atoms with Crippen LogP contribution >= 0.6 is 0 Å². The van der Waals surface area contributed by atoms with E-state index < -0.39 is 88.8 Å². The molecule has 318 valence electrons. The smallest absolute Gasteiger partial charge is 0.312 e. The largest absolute Gasteiger partial charge is 0.507 e. The number of oxime groups is 1. The first kappa shape index (κ1) is 45.5. The lowest BCUT2D eigenvalue weighted by atomic mass is 9.78. The summed E-state index contributed by atoms with van der Waals surface area (Å²) in [7, 11) is 1.42. The fourth-order valence-electron chi connectivity index (χ4n) is 7.26. The Morgan fingerprint density at radius 1 is 0.966 bits per heavy atom. The van der Waals surface area contributed by atoms with Crippen LogP contribution in [0.1, 0.15) is 76.9 Å². The Hall–Kier alpha value is -5.16. The zero-order valence-corrected chi connectivity index (χ0v) is 34.6. The number of fused-ring (bicyclic) bond motifs is 14. The molecule has 0 saturated heterocycles. The van der Waals surface area contributed by atoms with E-state index in [-0.39, 0.29) is 57.7 Å². The van der Waals surface area contributed by atoms with Crippen LogP contribution in [0.5, 0.6) is 23.0 Å². The Bertz CT molecular complexity index is 1990. The van der Waals surface area contributed by atoms with Crippen molar-refractivity contribution in [2.45, 2.75) is 92.5 Å². The molecule has 58 heavy (non-hydrogen) atoms. The number of allylic oxidation sites excluding steroid dienone is 2. The first-order valence-electron chi connectivity index (χ1n) is 19.1. The predicted molar refractivity (Wildman–Crippen MR) is 214 cm³/mol. The molecule has 16 nitrogen and oxygen atoms in total. The maximum atomic E-state index is 14.3. The molecule has 0 radical (unpaired) electrons. The number of nitrogens with one attached hydrogen (secondary N) is 1. The number of carbonyl (C=O) groups is 3. The van der Waals surface area contributed by atoms with Crippen LogP contribution in [0.3, 0.4) is 0 Å². The highest BCUT2D eigenvalue weighted by atomic mass is 16.7. The van der Waals surface area contributed by atoms with Gasteiger partial charge in [0.05, 0.1) is 59.6 Å². The number of anilines is 1. The SMILES string of the molecule is CCOCCO/N=C/c1c2c(O)c3c(O)c(C)c4c(c3c1O)C(=O)[C@@](C)(O/C=C/[C@H](OC)[C@@H](C)[C@@H](OC(C)=O)[C@H](C)[C@H](O)[C@H](C)[C@@H](O)[C@H](C)/C=C/C=C(/C)C(=O)N2)O4. The van der Waals surface area contributed by atoms with Crippen LogP contribution in [0.2, 0.25) is 0 Å². The summed E-state index contributed by atoms with van der Waals surface area (Å²) >= 11 is 0. The van der Waals surface area contributed by atoms with E-state index in [4.69, 9.17) is 28.5 Å². The normalized spacial score (nSPS) is 30.4. The van der Waals surface area contributed by atoms with Gasteiger partial charge in [-0.1, -0.05) is 51.1 Å². The number of hydrogen-bond acceptors (Lipinski definition) is 15. The Morgan fingerprint density at radius 3 is 2.29 bits per heavy atom. The average Bonchev–Trinajstić information content (AvgIpc) is 3.45. The summed E-state index contributed by atoms with van der Waals surface area (Å²) in [6, 6.07) is 0. The van der Waals surface area contributed by atoms with Gasteiger partial charge in [-0.05, 0) is 26.8 Å². The number of aliphatic hydroxyl groups is 2. The van der Waals surface area contributed by atoms with E-state index in [0.29, 0.717) is 6.61 Å².